The van der Waals surface area contributed by atoms with Gasteiger partial charge >= 0.3 is 0 Å². The number of nitrogens with zero attached hydrogens (tertiary/aromatic N) is 1. The van der Waals surface area contributed by atoms with Crippen LogP contribution in [-0.2, 0) is 11.3 Å². The molecule has 0 spiro atoms. The van der Waals surface area contributed by atoms with Gasteiger partial charge in [0.25, 0.3) is 0 Å². The summed E-state index contributed by atoms with van der Waals surface area (Å²) in [5.74, 6) is -1.01. The Hall–Kier alpha value is -0.520. The van der Waals surface area contributed by atoms with Gasteiger partial charge in [0.05, 0.1) is 12.2 Å². The number of hydrogen-bond donors (Lipinski definition) is 0. The first kappa shape index (κ1) is 13.9. The lowest BCUT2D eigenvalue weighted by atomic mass is 10.1. The molecule has 2 unspecified atom stereocenters. The Morgan fingerprint density at radius 3 is 2.22 bits per heavy atom. The van der Waals surface area contributed by atoms with E-state index in [-0.39, 0.29) is 24.3 Å². The van der Waals surface area contributed by atoms with Gasteiger partial charge in [-0.1, -0.05) is 15.9 Å². The summed E-state index contributed by atoms with van der Waals surface area (Å²) in [6.07, 6.45) is 0.186. The van der Waals surface area contributed by atoms with Crippen molar-refractivity contribution in [3.8, 4) is 0 Å². The van der Waals surface area contributed by atoms with Gasteiger partial charge in [-0.15, -0.1) is 0 Å². The molecule has 2 atom stereocenters. The quantitative estimate of drug-likeness (QED) is 0.829. The fourth-order valence-electron chi connectivity index (χ4n) is 2.36. The molecule has 1 heterocycles. The summed E-state index contributed by atoms with van der Waals surface area (Å²) in [6, 6.07) is 2.59. The van der Waals surface area contributed by atoms with Crippen molar-refractivity contribution >= 4 is 15.9 Å². The molecule has 1 aromatic carbocycles. The summed E-state index contributed by atoms with van der Waals surface area (Å²) >= 11 is 3.08. The Morgan fingerprint density at radius 1 is 1.22 bits per heavy atom. The maximum atomic E-state index is 13.7. The lowest BCUT2D eigenvalue weighted by Crippen LogP contribution is -2.45. The van der Waals surface area contributed by atoms with Crippen LogP contribution in [0.5, 0.6) is 0 Å². The summed E-state index contributed by atoms with van der Waals surface area (Å²) in [7, 11) is 0. The largest absolute Gasteiger partial charge is 0.373 e. The number of morpholine rings is 1. The smallest absolute Gasteiger partial charge is 0.131 e. The van der Waals surface area contributed by atoms with Crippen molar-refractivity contribution in [3.05, 3.63) is 33.8 Å². The normalized spacial score (nSPS) is 25.4. The van der Waals surface area contributed by atoms with Crippen LogP contribution in [-0.4, -0.2) is 30.2 Å². The van der Waals surface area contributed by atoms with E-state index in [4.69, 9.17) is 4.74 Å². The van der Waals surface area contributed by atoms with E-state index in [9.17, 15) is 8.78 Å². The standard InChI is InChI=1S/C13H16BrF2NO/c1-8-5-17(6-9(2)18-8)7-11-12(15)3-10(14)4-13(11)16/h3-4,8-9H,5-7H2,1-2H3. The Balaban J connectivity index is 2.14. The fourth-order valence-corrected chi connectivity index (χ4v) is 2.76. The zero-order valence-electron chi connectivity index (χ0n) is 10.4. The molecule has 0 saturated carbocycles. The number of halogens is 3. The van der Waals surface area contributed by atoms with Gasteiger partial charge in [-0.2, -0.15) is 0 Å². The third-order valence-electron chi connectivity index (χ3n) is 2.98. The molecule has 1 saturated heterocycles. The second-order valence-electron chi connectivity index (χ2n) is 4.80. The average molecular weight is 320 g/mol. The second-order valence-corrected chi connectivity index (χ2v) is 5.72. The van der Waals surface area contributed by atoms with Crippen LogP contribution in [0.15, 0.2) is 16.6 Å². The van der Waals surface area contributed by atoms with Crippen molar-refractivity contribution in [2.45, 2.75) is 32.6 Å². The monoisotopic (exact) mass is 319 g/mol. The molecule has 100 valence electrons. The van der Waals surface area contributed by atoms with Crippen molar-refractivity contribution in [1.82, 2.24) is 4.90 Å². The Labute approximate surface area is 114 Å². The molecule has 0 N–H and O–H groups in total. The Kier molecular flexibility index (Phi) is 4.35. The third kappa shape index (κ3) is 3.28. The van der Waals surface area contributed by atoms with Crippen LogP contribution in [0.25, 0.3) is 0 Å². The molecule has 0 bridgehead atoms. The minimum atomic E-state index is -0.506. The molecule has 2 nitrogen and oxygen atoms in total. The summed E-state index contributed by atoms with van der Waals surface area (Å²) < 4.78 is 33.5. The molecule has 1 aliphatic rings. The first-order chi connectivity index (χ1) is 8.45. The van der Waals surface area contributed by atoms with Gasteiger partial charge in [0.1, 0.15) is 11.6 Å². The highest BCUT2D eigenvalue weighted by molar-refractivity contribution is 9.10. The minimum Gasteiger partial charge on any atom is -0.373 e. The molecule has 0 aliphatic carbocycles. The van der Waals surface area contributed by atoms with E-state index >= 15 is 0 Å². The topological polar surface area (TPSA) is 12.5 Å². The van der Waals surface area contributed by atoms with Crippen LogP contribution in [0.4, 0.5) is 8.78 Å². The molecule has 1 aliphatic heterocycles. The van der Waals surface area contributed by atoms with Crippen molar-refractivity contribution < 1.29 is 13.5 Å². The van der Waals surface area contributed by atoms with Gasteiger partial charge < -0.3 is 4.74 Å². The zero-order valence-corrected chi connectivity index (χ0v) is 12.0. The van der Waals surface area contributed by atoms with Gasteiger partial charge in [0.15, 0.2) is 0 Å². The zero-order chi connectivity index (χ0) is 13.3. The Bertz CT molecular complexity index is 408. The Morgan fingerprint density at radius 2 is 1.72 bits per heavy atom. The molecule has 2 rings (SSSR count). The maximum absolute atomic E-state index is 13.7. The maximum Gasteiger partial charge on any atom is 0.131 e. The van der Waals surface area contributed by atoms with Gasteiger partial charge in [-0.3, -0.25) is 4.90 Å². The van der Waals surface area contributed by atoms with E-state index in [0.29, 0.717) is 17.6 Å². The van der Waals surface area contributed by atoms with Crippen LogP contribution in [0.2, 0.25) is 0 Å². The van der Waals surface area contributed by atoms with Gasteiger partial charge in [0.2, 0.25) is 0 Å². The first-order valence-electron chi connectivity index (χ1n) is 5.97. The highest BCUT2D eigenvalue weighted by atomic mass is 79.9. The van der Waals surface area contributed by atoms with E-state index in [2.05, 4.69) is 15.9 Å². The van der Waals surface area contributed by atoms with E-state index < -0.39 is 11.6 Å². The molecular weight excluding hydrogens is 304 g/mol. The first-order valence-corrected chi connectivity index (χ1v) is 6.76. The van der Waals surface area contributed by atoms with Gasteiger partial charge in [-0.25, -0.2) is 8.78 Å². The highest BCUT2D eigenvalue weighted by Gasteiger charge is 2.24. The summed E-state index contributed by atoms with van der Waals surface area (Å²) in [5.41, 5.74) is 0.125. The fraction of sp³-hybridized carbons (Fsp3) is 0.538. The molecule has 1 aromatic rings. The van der Waals surface area contributed by atoms with Crippen molar-refractivity contribution in [2.24, 2.45) is 0 Å². The van der Waals surface area contributed by atoms with E-state index in [1.54, 1.807) is 0 Å². The molecule has 0 radical (unpaired) electrons. The van der Waals surface area contributed by atoms with Crippen molar-refractivity contribution in [1.29, 1.82) is 0 Å². The van der Waals surface area contributed by atoms with Gasteiger partial charge in [-0.05, 0) is 26.0 Å². The van der Waals surface area contributed by atoms with Crippen molar-refractivity contribution in [2.75, 3.05) is 13.1 Å². The van der Waals surface area contributed by atoms with Crippen LogP contribution >= 0.6 is 15.9 Å². The number of hydrogen-bond acceptors (Lipinski definition) is 2. The van der Waals surface area contributed by atoms with Crippen LogP contribution in [0.3, 0.4) is 0 Å². The third-order valence-corrected chi connectivity index (χ3v) is 3.44. The number of rotatable bonds is 2. The SMILES string of the molecule is CC1CN(Cc2c(F)cc(Br)cc2F)CC(C)O1. The summed E-state index contributed by atoms with van der Waals surface area (Å²) in [6.45, 7) is 5.61. The second kappa shape index (κ2) is 5.63. The van der Waals surface area contributed by atoms with Crippen LogP contribution < -0.4 is 0 Å². The number of ether oxygens (including phenoxy) is 1. The predicted octanol–water partition coefficient (Wildman–Crippen LogP) is 3.34. The van der Waals surface area contributed by atoms with Crippen molar-refractivity contribution in [3.63, 3.8) is 0 Å². The number of benzene rings is 1. The molecule has 18 heavy (non-hydrogen) atoms. The molecule has 0 amide bonds. The van der Waals surface area contributed by atoms with E-state index in [0.717, 1.165) is 0 Å². The lowest BCUT2D eigenvalue weighted by molar-refractivity contribution is -0.0709. The van der Waals surface area contributed by atoms with E-state index in [1.165, 1.54) is 12.1 Å². The highest BCUT2D eigenvalue weighted by Crippen LogP contribution is 2.22. The van der Waals surface area contributed by atoms with Crippen LogP contribution in [0, 0.1) is 11.6 Å². The van der Waals surface area contributed by atoms with Gasteiger partial charge in [0, 0.05) is 29.7 Å². The summed E-state index contributed by atoms with van der Waals surface area (Å²) in [4.78, 5) is 2.02. The van der Waals surface area contributed by atoms with E-state index in [1.807, 2.05) is 18.7 Å². The lowest BCUT2D eigenvalue weighted by Gasteiger charge is -2.35. The molecule has 0 aromatic heterocycles. The average Bonchev–Trinajstić information content (AvgIpc) is 2.22. The molecule has 5 heteroatoms. The summed E-state index contributed by atoms with van der Waals surface area (Å²) in [5, 5.41) is 0. The predicted molar refractivity (Wildman–Crippen MR) is 69.3 cm³/mol. The van der Waals surface area contributed by atoms with Crippen LogP contribution in [0.1, 0.15) is 19.4 Å². The minimum absolute atomic E-state index is 0.0929. The molecular formula is C13H16BrF2NO. The molecule has 1 fully saturated rings.